The normalized spacial score (nSPS) is 46.9. The Balaban J connectivity index is 2.01. The maximum absolute atomic E-state index is 11.0. The minimum Gasteiger partial charge on any atom is -0.465 e. The van der Waals surface area contributed by atoms with E-state index in [1.807, 2.05) is 0 Å². The van der Waals surface area contributed by atoms with Gasteiger partial charge in [-0.05, 0) is 19.3 Å². The van der Waals surface area contributed by atoms with E-state index in [1.165, 1.54) is 4.90 Å². The number of rotatable bonds is 0. The average Bonchev–Trinajstić information content (AvgIpc) is 2.54. The van der Waals surface area contributed by atoms with E-state index >= 15 is 0 Å². The van der Waals surface area contributed by atoms with Crippen LogP contribution in [0, 0.1) is 0 Å². The largest absolute Gasteiger partial charge is 0.465 e. The summed E-state index contributed by atoms with van der Waals surface area (Å²) in [5, 5.41) is 12.3. The van der Waals surface area contributed by atoms with Gasteiger partial charge in [0.25, 0.3) is 0 Å². The fourth-order valence-corrected chi connectivity index (χ4v) is 2.83. The van der Waals surface area contributed by atoms with Gasteiger partial charge in [-0.2, -0.15) is 0 Å². The number of fused-ring (bicyclic) bond motifs is 3. The van der Waals surface area contributed by atoms with Crippen molar-refractivity contribution in [1.29, 1.82) is 0 Å². The number of carbonyl (C=O) groups is 1. The van der Waals surface area contributed by atoms with Crippen LogP contribution in [0.3, 0.4) is 0 Å². The van der Waals surface area contributed by atoms with E-state index in [0.717, 1.165) is 19.3 Å². The van der Waals surface area contributed by atoms with Crippen molar-refractivity contribution in [1.82, 2.24) is 10.2 Å². The molecular formula is C8H12N2O3. The molecule has 1 spiro atoms. The van der Waals surface area contributed by atoms with Crippen LogP contribution in [0.1, 0.15) is 19.3 Å². The lowest BCUT2D eigenvalue weighted by Crippen LogP contribution is -2.61. The molecule has 3 aliphatic rings. The predicted octanol–water partition coefficient (Wildman–Crippen LogP) is 0.175. The van der Waals surface area contributed by atoms with Crippen molar-refractivity contribution < 1.29 is 14.6 Å². The van der Waals surface area contributed by atoms with Crippen LogP contribution in [0.5, 0.6) is 0 Å². The predicted molar refractivity (Wildman–Crippen MR) is 43.1 cm³/mol. The van der Waals surface area contributed by atoms with Crippen LogP contribution in [-0.2, 0) is 4.74 Å². The molecule has 1 unspecified atom stereocenters. The van der Waals surface area contributed by atoms with Gasteiger partial charge in [0.15, 0.2) is 5.72 Å². The highest BCUT2D eigenvalue weighted by Crippen LogP contribution is 2.45. The monoisotopic (exact) mass is 184 g/mol. The Morgan fingerprint density at radius 1 is 1.69 bits per heavy atom. The van der Waals surface area contributed by atoms with E-state index in [0.29, 0.717) is 6.54 Å². The smallest absolute Gasteiger partial charge is 0.410 e. The first kappa shape index (κ1) is 7.58. The third-order valence-corrected chi connectivity index (χ3v) is 3.32. The number of amides is 1. The molecule has 0 aromatic rings. The molecule has 0 saturated carbocycles. The fourth-order valence-electron chi connectivity index (χ4n) is 2.83. The Kier molecular flexibility index (Phi) is 1.26. The number of nitrogens with zero attached hydrogens (tertiary/aromatic N) is 1. The van der Waals surface area contributed by atoms with Gasteiger partial charge in [-0.3, -0.25) is 10.2 Å². The van der Waals surface area contributed by atoms with Gasteiger partial charge in [-0.15, -0.1) is 0 Å². The first-order valence-corrected chi connectivity index (χ1v) is 4.66. The summed E-state index contributed by atoms with van der Waals surface area (Å²) in [5.41, 5.74) is -0.528. The lowest BCUT2D eigenvalue weighted by molar-refractivity contribution is -0.0649. The van der Waals surface area contributed by atoms with Crippen molar-refractivity contribution in [3.05, 3.63) is 0 Å². The van der Waals surface area contributed by atoms with Crippen molar-refractivity contribution in [3.8, 4) is 0 Å². The molecule has 0 radical (unpaired) electrons. The number of piperidine rings is 1. The van der Waals surface area contributed by atoms with E-state index in [1.54, 1.807) is 0 Å². The molecule has 2 N–H and O–H groups in total. The van der Waals surface area contributed by atoms with Gasteiger partial charge in [-0.25, -0.2) is 4.79 Å². The van der Waals surface area contributed by atoms with Crippen molar-refractivity contribution in [2.75, 3.05) is 6.54 Å². The molecule has 3 aliphatic heterocycles. The highest BCUT2D eigenvalue weighted by atomic mass is 16.6. The fraction of sp³-hybridized carbons (Fsp3) is 0.875. The number of piperazine rings is 1. The van der Waals surface area contributed by atoms with E-state index < -0.39 is 11.8 Å². The van der Waals surface area contributed by atoms with Crippen LogP contribution in [0.25, 0.3) is 0 Å². The van der Waals surface area contributed by atoms with E-state index in [2.05, 4.69) is 5.32 Å². The molecule has 0 aromatic carbocycles. The van der Waals surface area contributed by atoms with E-state index in [-0.39, 0.29) is 12.3 Å². The molecule has 1 amide bonds. The molecule has 13 heavy (non-hydrogen) atoms. The molecular weight excluding hydrogens is 172 g/mol. The van der Waals surface area contributed by atoms with E-state index in [4.69, 9.17) is 9.84 Å². The molecule has 3 fully saturated rings. The SMILES string of the molecule is O=C(O)N1[C@H]2CCC[C@@]13CNC2O3. The third-order valence-electron chi connectivity index (χ3n) is 3.32. The summed E-state index contributed by atoms with van der Waals surface area (Å²) in [7, 11) is 0. The Labute approximate surface area is 75.7 Å². The van der Waals surface area contributed by atoms with Crippen molar-refractivity contribution in [3.63, 3.8) is 0 Å². The van der Waals surface area contributed by atoms with Gasteiger partial charge in [0.1, 0.15) is 6.23 Å². The van der Waals surface area contributed by atoms with Crippen molar-refractivity contribution in [2.45, 2.75) is 37.3 Å². The molecule has 5 heteroatoms. The zero-order valence-electron chi connectivity index (χ0n) is 7.19. The standard InChI is InChI=1S/C8H12N2O3/c11-7(12)10-5-2-1-3-8(10)4-9-6(5)13-8/h5-6,9H,1-4H2,(H,11,12)/t5-,6?,8+/m0/s1. The van der Waals surface area contributed by atoms with Crippen LogP contribution in [0.15, 0.2) is 0 Å². The van der Waals surface area contributed by atoms with Crippen LogP contribution in [0.4, 0.5) is 4.79 Å². The summed E-state index contributed by atoms with van der Waals surface area (Å²) in [4.78, 5) is 12.5. The second-order valence-electron chi connectivity index (χ2n) is 3.98. The summed E-state index contributed by atoms with van der Waals surface area (Å²) < 4.78 is 5.69. The van der Waals surface area contributed by atoms with Gasteiger partial charge in [-0.1, -0.05) is 0 Å². The maximum atomic E-state index is 11.0. The summed E-state index contributed by atoms with van der Waals surface area (Å²) in [5.74, 6) is 0. The van der Waals surface area contributed by atoms with Crippen LogP contribution in [-0.4, -0.2) is 40.6 Å². The van der Waals surface area contributed by atoms with Crippen molar-refractivity contribution in [2.24, 2.45) is 0 Å². The third kappa shape index (κ3) is 0.763. The lowest BCUT2D eigenvalue weighted by atomic mass is 9.92. The second-order valence-corrected chi connectivity index (χ2v) is 3.98. The van der Waals surface area contributed by atoms with Crippen molar-refractivity contribution >= 4 is 6.09 Å². The topological polar surface area (TPSA) is 61.8 Å². The number of hydrogen-bond acceptors (Lipinski definition) is 3. The van der Waals surface area contributed by atoms with Gasteiger partial charge >= 0.3 is 6.09 Å². The first-order valence-electron chi connectivity index (χ1n) is 4.66. The van der Waals surface area contributed by atoms with Crippen LogP contribution >= 0.6 is 0 Å². The summed E-state index contributed by atoms with van der Waals surface area (Å²) in [6.45, 7) is 0.653. The Morgan fingerprint density at radius 2 is 2.54 bits per heavy atom. The Morgan fingerprint density at radius 3 is 3.15 bits per heavy atom. The minimum absolute atomic E-state index is 0.0417. The molecule has 72 valence electrons. The zero-order chi connectivity index (χ0) is 9.05. The molecule has 0 aromatic heterocycles. The summed E-state index contributed by atoms with van der Waals surface area (Å²) in [6, 6.07) is 0.0417. The minimum atomic E-state index is -0.839. The Hall–Kier alpha value is -0.810. The van der Waals surface area contributed by atoms with Gasteiger partial charge in [0, 0.05) is 6.54 Å². The van der Waals surface area contributed by atoms with Crippen LogP contribution < -0.4 is 5.32 Å². The molecule has 3 bridgehead atoms. The quantitative estimate of drug-likeness (QED) is 0.563. The molecule has 3 saturated heterocycles. The zero-order valence-corrected chi connectivity index (χ0v) is 7.19. The lowest BCUT2D eigenvalue weighted by Gasteiger charge is -2.42. The van der Waals surface area contributed by atoms with Crippen LogP contribution in [0.2, 0.25) is 0 Å². The number of carboxylic acid groups (broad SMARTS) is 1. The molecule has 0 aliphatic carbocycles. The molecule has 3 rings (SSSR count). The summed E-state index contributed by atoms with van der Waals surface area (Å²) >= 11 is 0. The molecule has 3 heterocycles. The summed E-state index contributed by atoms with van der Waals surface area (Å²) in [6.07, 6.45) is 1.93. The van der Waals surface area contributed by atoms with Gasteiger partial charge in [0.05, 0.1) is 6.04 Å². The number of hydrogen-bond donors (Lipinski definition) is 2. The highest BCUT2D eigenvalue weighted by Gasteiger charge is 2.61. The maximum Gasteiger partial charge on any atom is 0.410 e. The Bertz CT molecular complexity index is 270. The average molecular weight is 184 g/mol. The second kappa shape index (κ2) is 2.16. The molecule has 5 nitrogen and oxygen atoms in total. The molecule has 3 atom stereocenters. The van der Waals surface area contributed by atoms with E-state index in [9.17, 15) is 4.79 Å². The van der Waals surface area contributed by atoms with Gasteiger partial charge in [0.2, 0.25) is 0 Å². The van der Waals surface area contributed by atoms with Gasteiger partial charge < -0.3 is 9.84 Å². The number of nitrogens with one attached hydrogen (secondary N) is 1. The highest BCUT2D eigenvalue weighted by molar-refractivity contribution is 5.67. The number of ether oxygens (including phenoxy) is 1. The first-order chi connectivity index (χ1) is 6.23.